The molecule has 0 aliphatic rings. The van der Waals surface area contributed by atoms with Gasteiger partial charge in [0, 0.05) is 6.20 Å². The quantitative estimate of drug-likeness (QED) is 0.483. The third kappa shape index (κ3) is 6.97. The smallest absolute Gasteiger partial charge is 0.105 e. The summed E-state index contributed by atoms with van der Waals surface area (Å²) in [7, 11) is 0. The highest BCUT2D eigenvalue weighted by molar-refractivity contribution is 4.95. The fourth-order valence-corrected chi connectivity index (χ4v) is 2.69. The van der Waals surface area contributed by atoms with Crippen molar-refractivity contribution in [3.05, 3.63) is 11.9 Å². The van der Waals surface area contributed by atoms with E-state index in [1.54, 1.807) is 6.20 Å². The van der Waals surface area contributed by atoms with Crippen molar-refractivity contribution in [2.75, 3.05) is 6.61 Å². The van der Waals surface area contributed by atoms with Crippen LogP contribution in [-0.4, -0.2) is 49.1 Å². The Bertz CT molecular complexity index is 412. The fourth-order valence-electron chi connectivity index (χ4n) is 2.69. The molecule has 1 heterocycles. The molecule has 6 nitrogen and oxygen atoms in total. The van der Waals surface area contributed by atoms with Gasteiger partial charge >= 0.3 is 0 Å². The van der Waals surface area contributed by atoms with Crippen molar-refractivity contribution in [1.29, 1.82) is 0 Å². The van der Waals surface area contributed by atoms with Gasteiger partial charge in [-0.25, -0.2) is 4.68 Å². The zero-order chi connectivity index (χ0) is 17.1. The molecule has 3 atom stereocenters. The van der Waals surface area contributed by atoms with Crippen LogP contribution in [0.25, 0.3) is 0 Å². The summed E-state index contributed by atoms with van der Waals surface area (Å²) in [6.45, 7) is 3.96. The summed E-state index contributed by atoms with van der Waals surface area (Å²) in [6, 6.07) is -0.650. The van der Waals surface area contributed by atoms with Gasteiger partial charge in [-0.3, -0.25) is 0 Å². The molecule has 0 saturated carbocycles. The largest absolute Gasteiger partial charge is 0.394 e. The molecule has 3 N–H and O–H groups in total. The van der Waals surface area contributed by atoms with Gasteiger partial charge in [0.05, 0.1) is 18.4 Å². The predicted molar refractivity (Wildman–Crippen MR) is 90.1 cm³/mol. The first-order valence-electron chi connectivity index (χ1n) is 9.01. The second-order valence-corrected chi connectivity index (χ2v) is 6.30. The van der Waals surface area contributed by atoms with E-state index in [-0.39, 0.29) is 6.61 Å². The molecule has 23 heavy (non-hydrogen) atoms. The van der Waals surface area contributed by atoms with Gasteiger partial charge in [0.1, 0.15) is 12.1 Å². The molecule has 1 aromatic rings. The number of aliphatic hydroxyl groups is 3. The van der Waals surface area contributed by atoms with Crippen LogP contribution in [0, 0.1) is 0 Å². The van der Waals surface area contributed by atoms with Gasteiger partial charge in [-0.05, 0) is 19.3 Å². The normalized spacial score (nSPS) is 15.5. The van der Waals surface area contributed by atoms with Gasteiger partial charge in [0.15, 0.2) is 0 Å². The van der Waals surface area contributed by atoms with E-state index in [9.17, 15) is 15.3 Å². The molecule has 0 saturated heterocycles. The maximum Gasteiger partial charge on any atom is 0.105 e. The zero-order valence-corrected chi connectivity index (χ0v) is 14.6. The van der Waals surface area contributed by atoms with E-state index >= 15 is 0 Å². The maximum atomic E-state index is 10.2. The number of nitrogens with zero attached hydrogens (tertiary/aromatic N) is 3. The number of hydrogen-bond donors (Lipinski definition) is 3. The molecule has 0 fully saturated rings. The number of aryl methyl sites for hydroxylation is 1. The Morgan fingerprint density at radius 1 is 1.04 bits per heavy atom. The van der Waals surface area contributed by atoms with E-state index < -0.39 is 18.2 Å². The van der Waals surface area contributed by atoms with Crippen molar-refractivity contribution >= 4 is 0 Å². The van der Waals surface area contributed by atoms with Crippen LogP contribution in [0.4, 0.5) is 0 Å². The topological polar surface area (TPSA) is 91.4 Å². The van der Waals surface area contributed by atoms with Crippen molar-refractivity contribution in [3.8, 4) is 0 Å². The molecule has 0 aliphatic heterocycles. The number of aromatic nitrogens is 3. The minimum atomic E-state index is -1.04. The molecule has 0 aliphatic carbocycles. The van der Waals surface area contributed by atoms with Crippen molar-refractivity contribution in [1.82, 2.24) is 15.0 Å². The van der Waals surface area contributed by atoms with Crippen LogP contribution >= 0.6 is 0 Å². The van der Waals surface area contributed by atoms with Crippen molar-refractivity contribution in [3.63, 3.8) is 0 Å². The molecule has 0 amide bonds. The first kappa shape index (κ1) is 20.1. The van der Waals surface area contributed by atoms with Crippen LogP contribution in [0.3, 0.4) is 0 Å². The van der Waals surface area contributed by atoms with Crippen LogP contribution < -0.4 is 0 Å². The summed E-state index contributed by atoms with van der Waals surface area (Å²) >= 11 is 0. The van der Waals surface area contributed by atoms with E-state index in [0.29, 0.717) is 6.42 Å². The highest BCUT2D eigenvalue weighted by Crippen LogP contribution is 2.18. The summed E-state index contributed by atoms with van der Waals surface area (Å²) in [6.07, 6.45) is 9.06. The third-order valence-electron chi connectivity index (χ3n) is 4.26. The molecule has 0 radical (unpaired) electrons. The second kappa shape index (κ2) is 11.5. The van der Waals surface area contributed by atoms with Gasteiger partial charge in [-0.15, -0.1) is 5.10 Å². The minimum Gasteiger partial charge on any atom is -0.394 e. The van der Waals surface area contributed by atoms with Gasteiger partial charge in [0.25, 0.3) is 0 Å². The van der Waals surface area contributed by atoms with E-state index in [1.165, 1.54) is 30.4 Å². The summed E-state index contributed by atoms with van der Waals surface area (Å²) in [5, 5.41) is 37.9. The predicted octanol–water partition coefficient (Wildman–Crippen LogP) is 2.24. The standard InChI is InChI=1S/C17H33N3O3/c1-3-5-7-8-9-10-14-12-20(19-18-14)15(13-21)17(23)16(22)11-6-4-2/h12,15-17,21-23H,3-11,13H2,1-2H3/t15-,16+,17-/m0/s1. The molecular formula is C17H33N3O3. The zero-order valence-electron chi connectivity index (χ0n) is 14.6. The van der Waals surface area contributed by atoms with E-state index in [2.05, 4.69) is 17.2 Å². The van der Waals surface area contributed by atoms with Crippen LogP contribution in [0.15, 0.2) is 6.20 Å². The number of unbranched alkanes of at least 4 members (excludes halogenated alkanes) is 5. The molecule has 6 heteroatoms. The van der Waals surface area contributed by atoms with E-state index in [4.69, 9.17) is 0 Å². The van der Waals surface area contributed by atoms with Gasteiger partial charge < -0.3 is 15.3 Å². The Balaban J connectivity index is 2.51. The van der Waals surface area contributed by atoms with Crippen molar-refractivity contribution in [2.24, 2.45) is 0 Å². The lowest BCUT2D eigenvalue weighted by molar-refractivity contribution is -0.0349. The molecule has 134 valence electrons. The lowest BCUT2D eigenvalue weighted by atomic mass is 10.0. The highest BCUT2D eigenvalue weighted by Gasteiger charge is 2.28. The average Bonchev–Trinajstić information content (AvgIpc) is 3.01. The van der Waals surface area contributed by atoms with E-state index in [1.807, 2.05) is 6.92 Å². The molecular weight excluding hydrogens is 294 g/mol. The molecule has 0 aromatic carbocycles. The summed E-state index contributed by atoms with van der Waals surface area (Å²) in [5.41, 5.74) is 0.871. The third-order valence-corrected chi connectivity index (χ3v) is 4.26. The Hall–Kier alpha value is -0.980. The second-order valence-electron chi connectivity index (χ2n) is 6.30. The molecule has 0 unspecified atom stereocenters. The van der Waals surface area contributed by atoms with Crippen LogP contribution in [0.5, 0.6) is 0 Å². The van der Waals surface area contributed by atoms with Gasteiger partial charge in [0.2, 0.25) is 0 Å². The molecule has 0 bridgehead atoms. The highest BCUT2D eigenvalue weighted by atomic mass is 16.3. The monoisotopic (exact) mass is 327 g/mol. The van der Waals surface area contributed by atoms with Gasteiger partial charge in [-0.2, -0.15) is 0 Å². The number of hydrogen-bond acceptors (Lipinski definition) is 5. The Morgan fingerprint density at radius 3 is 2.39 bits per heavy atom. The molecule has 1 rings (SSSR count). The summed E-state index contributed by atoms with van der Waals surface area (Å²) < 4.78 is 1.49. The Labute approximate surface area is 139 Å². The Kier molecular flexibility index (Phi) is 10.1. The first-order chi connectivity index (χ1) is 11.1. The number of rotatable bonds is 13. The van der Waals surface area contributed by atoms with Crippen molar-refractivity contribution < 1.29 is 15.3 Å². The van der Waals surface area contributed by atoms with Crippen LogP contribution in [0.1, 0.15) is 76.9 Å². The van der Waals surface area contributed by atoms with Crippen LogP contribution in [-0.2, 0) is 6.42 Å². The number of aliphatic hydroxyl groups excluding tert-OH is 3. The van der Waals surface area contributed by atoms with E-state index in [0.717, 1.165) is 31.4 Å². The fraction of sp³-hybridized carbons (Fsp3) is 0.882. The average molecular weight is 327 g/mol. The lowest BCUT2D eigenvalue weighted by Gasteiger charge is -2.25. The lowest BCUT2D eigenvalue weighted by Crippen LogP contribution is -2.37. The summed E-state index contributed by atoms with van der Waals surface area (Å²) in [5.74, 6) is 0. The van der Waals surface area contributed by atoms with Crippen LogP contribution in [0.2, 0.25) is 0 Å². The maximum absolute atomic E-state index is 10.2. The van der Waals surface area contributed by atoms with Crippen molar-refractivity contribution in [2.45, 2.75) is 89.9 Å². The molecule has 1 aromatic heterocycles. The minimum absolute atomic E-state index is 0.274. The first-order valence-corrected chi connectivity index (χ1v) is 9.01. The summed E-state index contributed by atoms with van der Waals surface area (Å²) in [4.78, 5) is 0. The SMILES string of the molecule is CCCCCCCc1cn([C@@H](CO)[C@H](O)[C@H](O)CCCC)nn1. The molecule has 0 spiro atoms. The van der Waals surface area contributed by atoms with Gasteiger partial charge in [-0.1, -0.05) is 57.6 Å². The Morgan fingerprint density at radius 2 is 1.74 bits per heavy atom.